The van der Waals surface area contributed by atoms with Gasteiger partial charge < -0.3 is 20.1 Å². The van der Waals surface area contributed by atoms with Gasteiger partial charge in [-0.15, -0.1) is 0 Å². The van der Waals surface area contributed by atoms with Crippen molar-refractivity contribution in [1.29, 1.82) is 0 Å². The highest BCUT2D eigenvalue weighted by Crippen LogP contribution is 2.35. The summed E-state index contributed by atoms with van der Waals surface area (Å²) in [5, 5.41) is 14.9. The Hall–Kier alpha value is -4.20. The van der Waals surface area contributed by atoms with Gasteiger partial charge in [-0.2, -0.15) is 0 Å². The summed E-state index contributed by atoms with van der Waals surface area (Å²) < 4.78 is 6.15. The zero-order chi connectivity index (χ0) is 27.8. The van der Waals surface area contributed by atoms with Gasteiger partial charge in [0.05, 0.1) is 0 Å². The standard InChI is InChI=1S/C31H33N3O5/c1-5-22-16-21-8-6-7-9-24(21)30(32-22)39-23-14-12-20(13-15-23)19(4)25(31(37)38)33-26-27(29(36)28(26)35)34-17(2)10-11-18(34)3/h6-9,12-19,25,33H,5,10-11H2,1-4H3,(H,37,38). The fourth-order valence-electron chi connectivity index (χ4n) is 5.57. The highest BCUT2D eigenvalue weighted by molar-refractivity contribution is 5.87. The number of pyridine rings is 1. The Morgan fingerprint density at radius 2 is 1.74 bits per heavy atom. The van der Waals surface area contributed by atoms with Crippen LogP contribution in [0.25, 0.3) is 10.8 Å². The second-order valence-corrected chi connectivity index (χ2v) is 10.5. The highest BCUT2D eigenvalue weighted by atomic mass is 16.5. The Morgan fingerprint density at radius 3 is 2.38 bits per heavy atom. The van der Waals surface area contributed by atoms with E-state index in [1.165, 1.54) is 0 Å². The number of aromatic nitrogens is 1. The number of fused-ring (bicyclic) bond motifs is 1. The van der Waals surface area contributed by atoms with E-state index < -0.39 is 28.8 Å². The summed E-state index contributed by atoms with van der Waals surface area (Å²) in [5.41, 5.74) is 0.893. The Morgan fingerprint density at radius 1 is 1.08 bits per heavy atom. The summed E-state index contributed by atoms with van der Waals surface area (Å²) in [6.07, 6.45) is 2.62. The molecule has 1 fully saturated rings. The molecule has 0 bridgehead atoms. The first-order chi connectivity index (χ1) is 18.7. The number of aryl methyl sites for hydroxylation is 1. The second kappa shape index (κ2) is 10.5. The van der Waals surface area contributed by atoms with E-state index in [1.807, 2.05) is 62.1 Å². The Balaban J connectivity index is 1.37. The third kappa shape index (κ3) is 4.87. The summed E-state index contributed by atoms with van der Waals surface area (Å²) in [6, 6.07) is 16.3. The van der Waals surface area contributed by atoms with Crippen LogP contribution in [-0.4, -0.2) is 34.2 Å². The van der Waals surface area contributed by atoms with Crippen molar-refractivity contribution in [1.82, 2.24) is 4.98 Å². The maximum absolute atomic E-state index is 12.5. The van der Waals surface area contributed by atoms with Crippen LogP contribution in [0, 0.1) is 0 Å². The summed E-state index contributed by atoms with van der Waals surface area (Å²) >= 11 is 0. The molecule has 0 saturated carbocycles. The number of carboxylic acid groups (broad SMARTS) is 1. The van der Waals surface area contributed by atoms with Crippen molar-refractivity contribution < 1.29 is 14.6 Å². The molecule has 8 nitrogen and oxygen atoms in total. The fourth-order valence-corrected chi connectivity index (χ4v) is 5.57. The van der Waals surface area contributed by atoms with E-state index in [0.29, 0.717) is 17.3 Å². The third-order valence-corrected chi connectivity index (χ3v) is 7.90. The molecule has 0 amide bonds. The average molecular weight is 528 g/mol. The van der Waals surface area contributed by atoms with Crippen molar-refractivity contribution in [2.24, 2.45) is 0 Å². The maximum atomic E-state index is 12.5. The van der Waals surface area contributed by atoms with Crippen molar-refractivity contribution in [3.8, 4) is 11.6 Å². The third-order valence-electron chi connectivity index (χ3n) is 7.90. The Bertz CT molecular complexity index is 1580. The van der Waals surface area contributed by atoms with Gasteiger partial charge in [-0.3, -0.25) is 9.59 Å². The molecule has 2 heterocycles. The molecule has 1 aliphatic rings. The number of hydrogen-bond acceptors (Lipinski definition) is 7. The van der Waals surface area contributed by atoms with Crippen molar-refractivity contribution >= 4 is 28.1 Å². The number of nitrogens with zero attached hydrogens (tertiary/aromatic N) is 2. The van der Waals surface area contributed by atoms with Gasteiger partial charge in [0.1, 0.15) is 23.2 Å². The number of benzene rings is 2. The van der Waals surface area contributed by atoms with E-state index in [1.54, 1.807) is 19.1 Å². The predicted molar refractivity (Wildman–Crippen MR) is 153 cm³/mol. The lowest BCUT2D eigenvalue weighted by Gasteiger charge is -2.32. The smallest absolute Gasteiger partial charge is 0.326 e. The highest BCUT2D eigenvalue weighted by Gasteiger charge is 2.37. The minimum atomic E-state index is -1.10. The van der Waals surface area contributed by atoms with Crippen LogP contribution in [0.3, 0.4) is 0 Å². The molecule has 3 aromatic carbocycles. The quantitative estimate of drug-likeness (QED) is 0.285. The number of anilines is 2. The molecule has 39 heavy (non-hydrogen) atoms. The molecule has 2 N–H and O–H groups in total. The van der Waals surface area contributed by atoms with E-state index in [0.717, 1.165) is 41.3 Å². The number of nitrogens with one attached hydrogen (secondary N) is 1. The van der Waals surface area contributed by atoms with Gasteiger partial charge in [0.2, 0.25) is 5.88 Å². The van der Waals surface area contributed by atoms with Gasteiger partial charge in [-0.1, -0.05) is 44.2 Å². The van der Waals surface area contributed by atoms with Crippen LogP contribution in [0.1, 0.15) is 57.7 Å². The van der Waals surface area contributed by atoms with E-state index in [9.17, 15) is 19.5 Å². The molecular weight excluding hydrogens is 494 g/mol. The lowest BCUT2D eigenvalue weighted by atomic mass is 9.92. The molecule has 0 radical (unpaired) electrons. The number of ether oxygens (including phenoxy) is 1. The summed E-state index contributed by atoms with van der Waals surface area (Å²) in [5.74, 6) is -0.492. The largest absolute Gasteiger partial charge is 0.480 e. The van der Waals surface area contributed by atoms with Crippen LogP contribution in [0.15, 0.2) is 64.2 Å². The molecule has 8 heteroatoms. The molecule has 4 atom stereocenters. The summed E-state index contributed by atoms with van der Waals surface area (Å²) in [7, 11) is 0. The minimum absolute atomic E-state index is 0.105. The summed E-state index contributed by atoms with van der Waals surface area (Å²) in [6.45, 7) is 7.86. The molecule has 1 aromatic heterocycles. The van der Waals surface area contributed by atoms with Crippen LogP contribution in [-0.2, 0) is 11.2 Å². The van der Waals surface area contributed by atoms with Crippen molar-refractivity contribution in [3.05, 3.63) is 86.3 Å². The fraction of sp³-hybridized carbons (Fsp3) is 0.355. The number of hydrogen-bond donors (Lipinski definition) is 2. The van der Waals surface area contributed by atoms with Gasteiger partial charge in [0.15, 0.2) is 0 Å². The van der Waals surface area contributed by atoms with Crippen LogP contribution in [0.4, 0.5) is 11.4 Å². The van der Waals surface area contributed by atoms with Gasteiger partial charge in [0.25, 0.3) is 10.9 Å². The molecular formula is C31H33N3O5. The van der Waals surface area contributed by atoms with E-state index >= 15 is 0 Å². The van der Waals surface area contributed by atoms with Gasteiger partial charge in [-0.25, -0.2) is 9.78 Å². The molecule has 1 aliphatic heterocycles. The zero-order valence-electron chi connectivity index (χ0n) is 22.6. The molecule has 0 spiro atoms. The van der Waals surface area contributed by atoms with E-state index in [2.05, 4.69) is 16.4 Å². The number of carboxylic acids is 1. The van der Waals surface area contributed by atoms with Crippen LogP contribution in [0.5, 0.6) is 11.6 Å². The minimum Gasteiger partial charge on any atom is -0.480 e. The number of rotatable bonds is 9. The lowest BCUT2D eigenvalue weighted by molar-refractivity contribution is -0.138. The Kier molecular flexibility index (Phi) is 7.12. The van der Waals surface area contributed by atoms with E-state index in [-0.39, 0.29) is 17.8 Å². The van der Waals surface area contributed by atoms with E-state index in [4.69, 9.17) is 4.74 Å². The number of aliphatic carboxylic acids is 1. The zero-order valence-corrected chi connectivity index (χ0v) is 22.6. The van der Waals surface area contributed by atoms with Crippen LogP contribution in [0.2, 0.25) is 0 Å². The first-order valence-electron chi connectivity index (χ1n) is 13.5. The first-order valence-corrected chi connectivity index (χ1v) is 13.5. The van der Waals surface area contributed by atoms with Gasteiger partial charge in [0, 0.05) is 29.1 Å². The van der Waals surface area contributed by atoms with Crippen molar-refractivity contribution in [3.63, 3.8) is 0 Å². The Labute approximate surface area is 227 Å². The van der Waals surface area contributed by atoms with Gasteiger partial charge >= 0.3 is 5.97 Å². The van der Waals surface area contributed by atoms with Crippen molar-refractivity contribution in [2.45, 2.75) is 71.0 Å². The van der Waals surface area contributed by atoms with Crippen LogP contribution >= 0.6 is 0 Å². The molecule has 0 aliphatic carbocycles. The lowest BCUT2D eigenvalue weighted by Crippen LogP contribution is -2.48. The molecule has 202 valence electrons. The molecule has 5 rings (SSSR count). The molecule has 4 aromatic rings. The number of carbonyl (C=O) groups is 1. The monoisotopic (exact) mass is 527 g/mol. The maximum Gasteiger partial charge on any atom is 0.326 e. The van der Waals surface area contributed by atoms with Crippen LogP contribution < -0.4 is 25.8 Å². The first kappa shape index (κ1) is 26.4. The predicted octanol–water partition coefficient (Wildman–Crippen LogP) is 5.23. The summed E-state index contributed by atoms with van der Waals surface area (Å²) in [4.78, 5) is 43.9. The van der Waals surface area contributed by atoms with Crippen molar-refractivity contribution in [2.75, 3.05) is 10.2 Å². The molecule has 1 saturated heterocycles. The molecule has 4 unspecified atom stereocenters. The topological polar surface area (TPSA) is 109 Å². The average Bonchev–Trinajstić information content (AvgIpc) is 3.26. The second-order valence-electron chi connectivity index (χ2n) is 10.5. The van der Waals surface area contributed by atoms with Gasteiger partial charge in [-0.05, 0) is 68.3 Å². The SMILES string of the molecule is CCc1cc2ccccc2c(Oc2ccc(C(C)C(Nc3c(N4C(C)CCC4C)c(=O)c3=O)C(=O)O)cc2)n1. The normalized spacial score (nSPS) is 18.8.